The van der Waals surface area contributed by atoms with Crippen LogP contribution in [0.5, 0.6) is 5.75 Å². The highest BCUT2D eigenvalue weighted by Crippen LogP contribution is 2.46. The lowest BCUT2D eigenvalue weighted by molar-refractivity contribution is 0.464. The molecule has 1 aromatic heterocycles. The van der Waals surface area contributed by atoms with Gasteiger partial charge in [-0.05, 0) is 84.1 Å². The largest absolute Gasteiger partial charge is 0.508 e. The smallest absolute Gasteiger partial charge is 0.146 e. The van der Waals surface area contributed by atoms with Crippen LogP contribution in [-0.4, -0.2) is 43.3 Å². The topological polar surface area (TPSA) is 48.4 Å². The molecule has 0 amide bonds. The van der Waals surface area contributed by atoms with Gasteiger partial charge in [0.25, 0.3) is 0 Å². The summed E-state index contributed by atoms with van der Waals surface area (Å²) in [5, 5.41) is 16.8. The summed E-state index contributed by atoms with van der Waals surface area (Å²) in [6, 6.07) is 8.61. The predicted molar refractivity (Wildman–Crippen MR) is 191 cm³/mol. The number of aromatic nitrogens is 1. The number of anilines is 1. The number of pyridine rings is 1. The normalized spacial score (nSPS) is 18.3. The quantitative estimate of drug-likeness (QED) is 0.165. The number of nitrogens with one attached hydrogen (secondary N) is 1. The van der Waals surface area contributed by atoms with Gasteiger partial charge in [0.15, 0.2) is 0 Å². The Morgan fingerprint density at radius 3 is 2.20 bits per heavy atom. The van der Waals surface area contributed by atoms with Crippen LogP contribution in [0.1, 0.15) is 71.2 Å². The monoisotopic (exact) mass is 659 g/mol. The number of benzene rings is 3. The molecule has 0 aliphatic carbocycles. The van der Waals surface area contributed by atoms with E-state index in [4.69, 9.17) is 16.6 Å². The summed E-state index contributed by atoms with van der Waals surface area (Å²) >= 11 is 7.03. The molecule has 4 nitrogen and oxygen atoms in total. The zero-order valence-corrected chi connectivity index (χ0v) is 29.8. The van der Waals surface area contributed by atoms with E-state index < -0.39 is 19.7 Å². The molecule has 2 aliphatic heterocycles. The summed E-state index contributed by atoms with van der Waals surface area (Å²) in [5.41, 5.74) is 6.85. The van der Waals surface area contributed by atoms with Crippen LogP contribution >= 0.6 is 11.6 Å². The average molecular weight is 660 g/mol. The highest BCUT2D eigenvalue weighted by molar-refractivity contribution is 6.90. The first-order valence-electron chi connectivity index (χ1n) is 16.5. The Hall–Kier alpha value is -3.18. The van der Waals surface area contributed by atoms with Crippen LogP contribution in [0.2, 0.25) is 21.6 Å². The number of fused-ring (bicyclic) bond motifs is 4. The van der Waals surface area contributed by atoms with E-state index in [0.29, 0.717) is 55.8 Å². The minimum absolute atomic E-state index is 0.0570. The van der Waals surface area contributed by atoms with Crippen molar-refractivity contribution in [1.82, 2.24) is 10.3 Å². The van der Waals surface area contributed by atoms with Crippen molar-refractivity contribution in [1.29, 1.82) is 0 Å². The van der Waals surface area contributed by atoms with Crippen LogP contribution in [-0.2, 0) is 0 Å². The van der Waals surface area contributed by atoms with E-state index in [-0.39, 0.29) is 21.9 Å². The predicted octanol–water partition coefficient (Wildman–Crippen LogP) is 9.82. The van der Waals surface area contributed by atoms with Crippen LogP contribution in [0.3, 0.4) is 0 Å². The van der Waals surface area contributed by atoms with Gasteiger partial charge < -0.3 is 15.3 Å². The van der Waals surface area contributed by atoms with E-state index in [1.165, 1.54) is 12.1 Å². The molecular weight excluding hydrogens is 616 g/mol. The number of hydrogen-bond acceptors (Lipinski definition) is 4. The van der Waals surface area contributed by atoms with Gasteiger partial charge in [-0.25, -0.2) is 13.8 Å². The van der Waals surface area contributed by atoms with E-state index in [0.717, 1.165) is 43.0 Å². The molecule has 2 saturated heterocycles. The van der Waals surface area contributed by atoms with Crippen LogP contribution < -0.4 is 10.2 Å². The Morgan fingerprint density at radius 2 is 1.59 bits per heavy atom. The Bertz CT molecular complexity index is 1900. The molecule has 0 saturated carbocycles. The fraction of sp³-hybridized carbons (Fsp3) is 0.447. The molecular formula is C38H44ClF2N3OSi. The van der Waals surface area contributed by atoms with Crippen molar-refractivity contribution >= 4 is 47.0 Å². The van der Waals surface area contributed by atoms with Crippen molar-refractivity contribution in [2.24, 2.45) is 0 Å². The number of hydrogen-bond donors (Lipinski definition) is 2. The molecule has 2 bridgehead atoms. The number of rotatable bonds is 5. The Labute approximate surface area is 277 Å². The molecule has 8 heteroatoms. The molecule has 3 heterocycles. The van der Waals surface area contributed by atoms with Gasteiger partial charge in [-0.1, -0.05) is 65.1 Å². The van der Waals surface area contributed by atoms with E-state index in [9.17, 15) is 5.11 Å². The number of phenolic OH excluding ortho intramolecular Hbond substituents is 1. The molecule has 46 heavy (non-hydrogen) atoms. The maximum atomic E-state index is 17.2. The minimum atomic E-state index is -2.22. The van der Waals surface area contributed by atoms with Gasteiger partial charge in [-0.2, -0.15) is 0 Å². The van der Waals surface area contributed by atoms with Gasteiger partial charge in [0, 0.05) is 52.6 Å². The van der Waals surface area contributed by atoms with E-state index in [1.807, 2.05) is 13.8 Å². The van der Waals surface area contributed by atoms with E-state index in [1.54, 1.807) is 18.2 Å². The summed E-state index contributed by atoms with van der Waals surface area (Å²) in [4.78, 5) is 7.21. The number of piperazine rings is 1. The van der Waals surface area contributed by atoms with E-state index >= 15 is 8.78 Å². The second-order valence-electron chi connectivity index (χ2n) is 14.3. The first-order chi connectivity index (χ1) is 21.7. The Morgan fingerprint density at radius 1 is 0.957 bits per heavy atom. The van der Waals surface area contributed by atoms with Crippen molar-refractivity contribution in [3.63, 3.8) is 0 Å². The van der Waals surface area contributed by atoms with Gasteiger partial charge in [0.2, 0.25) is 0 Å². The van der Waals surface area contributed by atoms with Crippen molar-refractivity contribution in [3.05, 3.63) is 63.8 Å². The zero-order chi connectivity index (χ0) is 33.2. The van der Waals surface area contributed by atoms with Crippen LogP contribution in [0, 0.1) is 36.9 Å². The second kappa shape index (κ2) is 12.1. The third kappa shape index (κ3) is 5.27. The molecule has 2 N–H and O–H groups in total. The molecule has 0 spiro atoms. The van der Waals surface area contributed by atoms with E-state index in [2.05, 4.69) is 63.2 Å². The van der Waals surface area contributed by atoms with Gasteiger partial charge in [0.1, 0.15) is 31.3 Å². The fourth-order valence-electron chi connectivity index (χ4n) is 8.45. The summed E-state index contributed by atoms with van der Waals surface area (Å²) in [6.07, 6.45) is 2.23. The second-order valence-corrected chi connectivity index (χ2v) is 20.3. The summed E-state index contributed by atoms with van der Waals surface area (Å²) in [6.45, 7) is 18.7. The molecule has 2 fully saturated rings. The summed E-state index contributed by atoms with van der Waals surface area (Å²) in [5.74, 6) is 3.00. The van der Waals surface area contributed by atoms with Gasteiger partial charge in [0.05, 0.1) is 10.6 Å². The molecule has 3 aromatic carbocycles. The van der Waals surface area contributed by atoms with Gasteiger partial charge >= 0.3 is 0 Å². The molecule has 2 aliphatic rings. The molecule has 0 radical (unpaired) electrons. The highest BCUT2D eigenvalue weighted by Gasteiger charge is 2.42. The van der Waals surface area contributed by atoms with Crippen molar-refractivity contribution < 1.29 is 13.9 Å². The lowest BCUT2D eigenvalue weighted by atomic mass is 9.91. The first-order valence-corrected chi connectivity index (χ1v) is 19.1. The number of halogens is 3. The van der Waals surface area contributed by atoms with Crippen molar-refractivity contribution in [3.8, 4) is 28.3 Å². The zero-order valence-electron chi connectivity index (χ0n) is 28.1. The number of aryl methyl sites for hydroxylation is 2. The molecule has 6 rings (SSSR count). The Kier molecular flexibility index (Phi) is 8.63. The number of nitrogens with zero attached hydrogens (tertiary/aromatic N) is 2. The fourth-order valence-corrected chi connectivity index (χ4v) is 14.0. The first kappa shape index (κ1) is 32.7. The SMILES string of the molecule is Cc1nc(N2CC3CCC(C2)N3)c2cc(Cl)c(-c3cc(O)cc4ccc(F)c(C#C[Si](C(C)C)(C(C)C)C(C)C)c34)c(F)c2c1C. The highest BCUT2D eigenvalue weighted by atomic mass is 35.5. The third-order valence-corrected chi connectivity index (χ3v) is 17.3. The number of aromatic hydroxyl groups is 1. The van der Waals surface area contributed by atoms with Crippen LogP contribution in [0.25, 0.3) is 32.7 Å². The molecule has 242 valence electrons. The van der Waals surface area contributed by atoms with Crippen molar-refractivity contribution in [2.45, 2.75) is 96.9 Å². The maximum Gasteiger partial charge on any atom is 0.146 e. The lowest BCUT2D eigenvalue weighted by Crippen LogP contribution is -2.51. The lowest BCUT2D eigenvalue weighted by Gasteiger charge is -2.38. The number of phenols is 1. The Balaban J connectivity index is 1.63. The van der Waals surface area contributed by atoms with Gasteiger partial charge in [-0.3, -0.25) is 0 Å². The van der Waals surface area contributed by atoms with Crippen LogP contribution in [0.4, 0.5) is 14.6 Å². The maximum absolute atomic E-state index is 17.2. The standard InChI is InChI=1S/C38H44ClF2N3OSi/c1-20(2)46(21(3)4,22(5)6)14-13-29-33(40)12-9-25-15-28(45)16-30(35(25)29)36-32(39)17-31-34(37(36)41)23(7)24(8)42-38(31)44-18-26-10-11-27(19-44)43-26/h9,12,15-17,20-22,26-27,43,45H,10-11,18-19H2,1-8H3. The van der Waals surface area contributed by atoms with Crippen LogP contribution in [0.15, 0.2) is 30.3 Å². The molecule has 2 atom stereocenters. The third-order valence-electron chi connectivity index (χ3n) is 10.8. The summed E-state index contributed by atoms with van der Waals surface area (Å²) < 4.78 is 33.1. The molecule has 4 aromatic rings. The van der Waals surface area contributed by atoms with Crippen molar-refractivity contribution in [2.75, 3.05) is 18.0 Å². The summed E-state index contributed by atoms with van der Waals surface area (Å²) in [7, 11) is -2.22. The minimum Gasteiger partial charge on any atom is -0.508 e. The molecule has 2 unspecified atom stereocenters. The average Bonchev–Trinajstić information content (AvgIpc) is 3.32. The van der Waals surface area contributed by atoms with Gasteiger partial charge in [-0.15, -0.1) is 5.54 Å².